The second kappa shape index (κ2) is 7.42. The van der Waals surface area contributed by atoms with E-state index >= 15 is 0 Å². The van der Waals surface area contributed by atoms with Gasteiger partial charge >= 0.3 is 0 Å². The van der Waals surface area contributed by atoms with Gasteiger partial charge < -0.3 is 9.72 Å². The summed E-state index contributed by atoms with van der Waals surface area (Å²) in [6, 6.07) is 9.19. The number of H-pyrrole nitrogens is 1. The number of aromatic amines is 1. The summed E-state index contributed by atoms with van der Waals surface area (Å²) in [6.07, 6.45) is 3.96. The predicted molar refractivity (Wildman–Crippen MR) is 90.8 cm³/mol. The first-order valence-corrected chi connectivity index (χ1v) is 8.24. The number of benzene rings is 1. The molecule has 0 spiro atoms. The normalized spacial score (nSPS) is 15.5. The maximum atomic E-state index is 11.5. The van der Waals surface area contributed by atoms with Crippen molar-refractivity contribution < 1.29 is 4.74 Å². The van der Waals surface area contributed by atoms with Crippen LogP contribution in [-0.4, -0.2) is 41.1 Å². The van der Waals surface area contributed by atoms with Crippen LogP contribution in [-0.2, 0) is 0 Å². The lowest BCUT2D eigenvalue weighted by Gasteiger charge is -2.26. The summed E-state index contributed by atoms with van der Waals surface area (Å²) in [7, 11) is 0. The van der Waals surface area contributed by atoms with Crippen LogP contribution in [0.1, 0.15) is 25.0 Å². The van der Waals surface area contributed by atoms with E-state index in [9.17, 15) is 4.79 Å². The molecule has 0 atom stereocenters. The van der Waals surface area contributed by atoms with Gasteiger partial charge in [-0.05, 0) is 57.1 Å². The number of hydrogen-bond donors (Lipinski definition) is 1. The second-order valence-corrected chi connectivity index (χ2v) is 6.01. The lowest BCUT2D eigenvalue weighted by Crippen LogP contribution is -2.33. The summed E-state index contributed by atoms with van der Waals surface area (Å²) in [5.74, 6) is 1.44. The molecule has 2 aromatic rings. The van der Waals surface area contributed by atoms with Gasteiger partial charge in [0.2, 0.25) is 0 Å². The number of nitrogens with zero attached hydrogens (tertiary/aromatic N) is 2. The van der Waals surface area contributed by atoms with Gasteiger partial charge in [0.15, 0.2) is 0 Å². The number of piperidine rings is 1. The first-order chi connectivity index (χ1) is 11.2. The molecule has 5 heteroatoms. The Morgan fingerprint density at radius 3 is 2.61 bits per heavy atom. The lowest BCUT2D eigenvalue weighted by atomic mass is 10.1. The summed E-state index contributed by atoms with van der Waals surface area (Å²) in [5.41, 5.74) is 1.47. The molecule has 1 N–H and O–H groups in total. The zero-order valence-corrected chi connectivity index (χ0v) is 13.5. The molecule has 3 rings (SSSR count). The molecule has 1 aromatic carbocycles. The van der Waals surface area contributed by atoms with Gasteiger partial charge in [-0.15, -0.1) is 0 Å². The van der Waals surface area contributed by atoms with E-state index in [1.165, 1.54) is 38.4 Å². The molecule has 2 heterocycles. The SMILES string of the molecule is Cc1cc(=O)[nH]c(-c2ccc(OCCN3CCCCC3)cc2)n1. The van der Waals surface area contributed by atoms with Gasteiger partial charge in [-0.25, -0.2) is 4.98 Å². The minimum Gasteiger partial charge on any atom is -0.492 e. The maximum absolute atomic E-state index is 11.5. The number of likely N-dealkylation sites (tertiary alicyclic amines) is 1. The lowest BCUT2D eigenvalue weighted by molar-refractivity contribution is 0.183. The second-order valence-electron chi connectivity index (χ2n) is 6.01. The molecular formula is C18H23N3O2. The Hall–Kier alpha value is -2.14. The third kappa shape index (κ3) is 4.42. The molecule has 1 aliphatic heterocycles. The third-order valence-electron chi connectivity index (χ3n) is 4.12. The highest BCUT2D eigenvalue weighted by Gasteiger charge is 2.09. The van der Waals surface area contributed by atoms with Crippen molar-refractivity contribution in [2.24, 2.45) is 0 Å². The Morgan fingerprint density at radius 2 is 1.91 bits per heavy atom. The molecule has 0 aliphatic carbocycles. The highest BCUT2D eigenvalue weighted by atomic mass is 16.5. The largest absolute Gasteiger partial charge is 0.492 e. The number of rotatable bonds is 5. The van der Waals surface area contributed by atoms with E-state index in [-0.39, 0.29) is 5.56 Å². The third-order valence-corrected chi connectivity index (χ3v) is 4.12. The summed E-state index contributed by atoms with van der Waals surface area (Å²) in [5, 5.41) is 0. The Labute approximate surface area is 136 Å². The van der Waals surface area contributed by atoms with Gasteiger partial charge in [-0.1, -0.05) is 6.42 Å². The van der Waals surface area contributed by atoms with Crippen LogP contribution in [0.5, 0.6) is 5.75 Å². The van der Waals surface area contributed by atoms with E-state index in [1.807, 2.05) is 31.2 Å². The van der Waals surface area contributed by atoms with Crippen molar-refractivity contribution in [1.82, 2.24) is 14.9 Å². The van der Waals surface area contributed by atoms with Crippen molar-refractivity contribution >= 4 is 0 Å². The van der Waals surface area contributed by atoms with E-state index in [0.717, 1.165) is 17.9 Å². The van der Waals surface area contributed by atoms with Crippen LogP contribution in [0.15, 0.2) is 35.1 Å². The number of aryl methyl sites for hydroxylation is 1. The zero-order valence-electron chi connectivity index (χ0n) is 13.5. The van der Waals surface area contributed by atoms with E-state index < -0.39 is 0 Å². The average molecular weight is 313 g/mol. The summed E-state index contributed by atoms with van der Waals surface area (Å²) >= 11 is 0. The van der Waals surface area contributed by atoms with Crippen molar-refractivity contribution in [1.29, 1.82) is 0 Å². The van der Waals surface area contributed by atoms with Crippen molar-refractivity contribution in [3.63, 3.8) is 0 Å². The molecule has 5 nitrogen and oxygen atoms in total. The van der Waals surface area contributed by atoms with Crippen molar-refractivity contribution in [2.75, 3.05) is 26.2 Å². The highest BCUT2D eigenvalue weighted by Crippen LogP contribution is 2.19. The molecule has 0 saturated carbocycles. The molecular weight excluding hydrogens is 290 g/mol. The van der Waals surface area contributed by atoms with Crippen LogP contribution < -0.4 is 10.3 Å². The topological polar surface area (TPSA) is 58.2 Å². The predicted octanol–water partition coefficient (Wildman–Crippen LogP) is 2.61. The molecule has 1 aliphatic rings. The van der Waals surface area contributed by atoms with E-state index in [1.54, 1.807) is 0 Å². The first-order valence-electron chi connectivity index (χ1n) is 8.24. The maximum Gasteiger partial charge on any atom is 0.251 e. The van der Waals surface area contributed by atoms with Crippen molar-refractivity contribution in [3.8, 4) is 17.1 Å². The molecule has 23 heavy (non-hydrogen) atoms. The molecule has 1 saturated heterocycles. The van der Waals surface area contributed by atoms with Crippen LogP contribution >= 0.6 is 0 Å². The fraction of sp³-hybridized carbons (Fsp3) is 0.444. The molecule has 122 valence electrons. The summed E-state index contributed by atoms with van der Waals surface area (Å²) < 4.78 is 5.81. The van der Waals surface area contributed by atoms with Gasteiger partial charge in [-0.3, -0.25) is 9.69 Å². The molecule has 0 radical (unpaired) electrons. The first kappa shape index (κ1) is 15.7. The van der Waals surface area contributed by atoms with E-state index in [2.05, 4.69) is 14.9 Å². The summed E-state index contributed by atoms with van der Waals surface area (Å²) in [6.45, 7) is 5.88. The molecule has 0 unspecified atom stereocenters. The minimum atomic E-state index is -0.130. The highest BCUT2D eigenvalue weighted by molar-refractivity contribution is 5.56. The van der Waals surface area contributed by atoms with Gasteiger partial charge in [-0.2, -0.15) is 0 Å². The van der Waals surface area contributed by atoms with Crippen LogP contribution in [0.25, 0.3) is 11.4 Å². The van der Waals surface area contributed by atoms with E-state index in [4.69, 9.17) is 4.74 Å². The number of nitrogens with one attached hydrogen (secondary N) is 1. The van der Waals surface area contributed by atoms with Gasteiger partial charge in [0, 0.05) is 23.9 Å². The van der Waals surface area contributed by atoms with Gasteiger partial charge in [0.05, 0.1) is 0 Å². The molecule has 0 bridgehead atoms. The smallest absolute Gasteiger partial charge is 0.251 e. The Kier molecular flexibility index (Phi) is 5.08. The van der Waals surface area contributed by atoms with Gasteiger partial charge in [0.1, 0.15) is 18.2 Å². The Morgan fingerprint density at radius 1 is 1.17 bits per heavy atom. The minimum absolute atomic E-state index is 0.130. The molecule has 1 fully saturated rings. The van der Waals surface area contributed by atoms with Crippen molar-refractivity contribution in [3.05, 3.63) is 46.4 Å². The van der Waals surface area contributed by atoms with Crippen LogP contribution in [0, 0.1) is 6.92 Å². The zero-order chi connectivity index (χ0) is 16.1. The number of hydrogen-bond acceptors (Lipinski definition) is 4. The van der Waals surface area contributed by atoms with Crippen LogP contribution in [0.2, 0.25) is 0 Å². The Bertz CT molecular complexity index is 688. The van der Waals surface area contributed by atoms with E-state index in [0.29, 0.717) is 18.1 Å². The van der Waals surface area contributed by atoms with Gasteiger partial charge in [0.25, 0.3) is 5.56 Å². The fourth-order valence-corrected chi connectivity index (χ4v) is 2.90. The van der Waals surface area contributed by atoms with Crippen molar-refractivity contribution in [2.45, 2.75) is 26.2 Å². The molecule has 0 amide bonds. The fourth-order valence-electron chi connectivity index (χ4n) is 2.90. The number of ether oxygens (including phenoxy) is 1. The molecule has 1 aromatic heterocycles. The van der Waals surface area contributed by atoms with Crippen LogP contribution in [0.4, 0.5) is 0 Å². The number of aromatic nitrogens is 2. The van der Waals surface area contributed by atoms with Crippen LogP contribution in [0.3, 0.4) is 0 Å². The standard InChI is InChI=1S/C18H23N3O2/c1-14-13-17(22)20-18(19-14)15-5-7-16(8-6-15)23-12-11-21-9-3-2-4-10-21/h5-8,13H,2-4,9-12H2,1H3,(H,19,20,22). The monoisotopic (exact) mass is 313 g/mol. The Balaban J connectivity index is 1.57. The average Bonchev–Trinajstić information content (AvgIpc) is 2.56. The summed E-state index contributed by atoms with van der Waals surface area (Å²) in [4.78, 5) is 21.1. The quantitative estimate of drug-likeness (QED) is 0.922.